The summed E-state index contributed by atoms with van der Waals surface area (Å²) in [5, 5.41) is -0.0347. The van der Waals surface area contributed by atoms with Crippen LogP contribution in [0.25, 0.3) is 11.1 Å². The highest BCUT2D eigenvalue weighted by Gasteiger charge is 2.65. The Labute approximate surface area is 245 Å². The maximum atomic E-state index is 14.0. The van der Waals surface area contributed by atoms with Crippen LogP contribution in [0.4, 0.5) is 0 Å². The number of rotatable bonds is 8. The van der Waals surface area contributed by atoms with Crippen LogP contribution in [0.5, 0.6) is 0 Å². The molecule has 3 aromatic carbocycles. The molecule has 1 saturated heterocycles. The number of hydrogen-bond donors (Lipinski definition) is 0. The normalized spacial score (nSPS) is 23.7. The van der Waals surface area contributed by atoms with E-state index < -0.39 is 31.6 Å². The number of esters is 1. The molecule has 0 unspecified atom stereocenters. The summed E-state index contributed by atoms with van der Waals surface area (Å²) in [6.45, 7) is 13.6. The van der Waals surface area contributed by atoms with Crippen molar-refractivity contribution in [2.24, 2.45) is 0 Å². The fourth-order valence-corrected chi connectivity index (χ4v) is 7.85. The van der Waals surface area contributed by atoms with Crippen molar-refractivity contribution in [3.63, 3.8) is 0 Å². The molecule has 1 aliphatic heterocycles. The van der Waals surface area contributed by atoms with Crippen LogP contribution in [0, 0.1) is 0 Å². The quantitative estimate of drug-likeness (QED) is 0.172. The SMILES string of the molecule is COCO[C@]1(C)[C@H](O[Si](C)(C)C(C)(C)C)CN(C2(c3ccccc3)c3ccccc3-c3ccccc32)[C@@H]1C(=O)OC. The minimum atomic E-state index is -2.29. The third-order valence-electron chi connectivity index (χ3n) is 9.56. The molecule has 5 rings (SSSR count). The highest BCUT2D eigenvalue weighted by atomic mass is 28.4. The maximum Gasteiger partial charge on any atom is 0.326 e. The topological polar surface area (TPSA) is 57.2 Å². The predicted molar refractivity (Wildman–Crippen MR) is 164 cm³/mol. The Morgan fingerprint density at radius 1 is 0.902 bits per heavy atom. The molecule has 1 aliphatic carbocycles. The number of methoxy groups -OCH3 is 2. The lowest BCUT2D eigenvalue weighted by Gasteiger charge is -2.45. The van der Waals surface area contributed by atoms with Crippen LogP contribution < -0.4 is 0 Å². The van der Waals surface area contributed by atoms with Gasteiger partial charge in [-0.05, 0) is 52.9 Å². The number of carbonyl (C=O) groups excluding carboxylic acids is 1. The van der Waals surface area contributed by atoms with E-state index in [-0.39, 0.29) is 17.8 Å². The van der Waals surface area contributed by atoms with Crippen molar-refractivity contribution in [3.05, 3.63) is 95.6 Å². The van der Waals surface area contributed by atoms with Crippen molar-refractivity contribution in [1.29, 1.82) is 0 Å². The lowest BCUT2D eigenvalue weighted by atomic mass is 9.78. The highest BCUT2D eigenvalue weighted by Crippen LogP contribution is 2.58. The van der Waals surface area contributed by atoms with E-state index in [9.17, 15) is 4.79 Å². The zero-order valence-corrected chi connectivity index (χ0v) is 26.6. The summed E-state index contributed by atoms with van der Waals surface area (Å²) in [6.07, 6.45) is -0.414. The summed E-state index contributed by atoms with van der Waals surface area (Å²) < 4.78 is 24.7. The van der Waals surface area contributed by atoms with Gasteiger partial charge in [-0.2, -0.15) is 0 Å². The van der Waals surface area contributed by atoms with Gasteiger partial charge in [0.25, 0.3) is 0 Å². The second-order valence-corrected chi connectivity index (χ2v) is 17.6. The molecule has 3 aromatic rings. The van der Waals surface area contributed by atoms with Gasteiger partial charge in [-0.15, -0.1) is 0 Å². The van der Waals surface area contributed by atoms with E-state index in [1.807, 2.05) is 13.0 Å². The summed E-state index contributed by atoms with van der Waals surface area (Å²) in [5.74, 6) is -0.359. The molecule has 218 valence electrons. The largest absolute Gasteiger partial charge is 0.468 e. The Bertz CT molecular complexity index is 1360. The van der Waals surface area contributed by atoms with E-state index in [1.165, 1.54) is 7.11 Å². The zero-order valence-electron chi connectivity index (χ0n) is 25.6. The lowest BCUT2D eigenvalue weighted by molar-refractivity contribution is -0.182. The van der Waals surface area contributed by atoms with Gasteiger partial charge in [0.05, 0.1) is 18.8 Å². The van der Waals surface area contributed by atoms with Crippen molar-refractivity contribution in [1.82, 2.24) is 4.90 Å². The van der Waals surface area contributed by atoms with Gasteiger partial charge in [-0.3, -0.25) is 9.69 Å². The molecule has 7 heteroatoms. The fraction of sp³-hybridized carbons (Fsp3) is 0.441. The summed E-state index contributed by atoms with van der Waals surface area (Å²) in [4.78, 5) is 16.3. The standard InChI is InChI=1S/C34H43NO5Si/c1-32(2,3)41(7,8)40-29-22-35(30(31(36)38-6)33(29,4)39-23-37-5)34(24-16-10-9-11-17-24)27-20-14-12-18-25(27)26-19-13-15-21-28(26)34/h9-21,29-30H,22-23H2,1-8H3/t29-,30-,33-/m1/s1. The van der Waals surface area contributed by atoms with Crippen LogP contribution in [0.15, 0.2) is 78.9 Å². The Morgan fingerprint density at radius 2 is 1.44 bits per heavy atom. The minimum Gasteiger partial charge on any atom is -0.468 e. The Kier molecular flexibility index (Phi) is 7.81. The average Bonchev–Trinajstić information content (AvgIpc) is 3.41. The molecule has 0 radical (unpaired) electrons. The molecule has 0 bridgehead atoms. The number of benzene rings is 3. The first-order valence-corrected chi connectivity index (χ1v) is 17.2. The monoisotopic (exact) mass is 573 g/mol. The van der Waals surface area contributed by atoms with Gasteiger partial charge in [0.15, 0.2) is 8.32 Å². The van der Waals surface area contributed by atoms with Crippen molar-refractivity contribution >= 4 is 14.3 Å². The summed E-state index contributed by atoms with van der Waals surface area (Å²) in [6, 6.07) is 26.7. The first-order chi connectivity index (χ1) is 19.4. The van der Waals surface area contributed by atoms with Crippen molar-refractivity contribution in [3.8, 4) is 11.1 Å². The number of hydrogen-bond acceptors (Lipinski definition) is 6. The van der Waals surface area contributed by atoms with Gasteiger partial charge in [0.2, 0.25) is 0 Å². The number of carbonyl (C=O) groups is 1. The molecular formula is C34H43NO5Si. The molecule has 2 aliphatic rings. The summed E-state index contributed by atoms with van der Waals surface area (Å²) >= 11 is 0. The van der Waals surface area contributed by atoms with E-state index in [0.29, 0.717) is 6.54 Å². The first kappa shape index (κ1) is 29.7. The predicted octanol–water partition coefficient (Wildman–Crippen LogP) is 6.59. The van der Waals surface area contributed by atoms with E-state index in [0.717, 1.165) is 27.8 Å². The zero-order chi connectivity index (χ0) is 29.6. The molecule has 1 heterocycles. The van der Waals surface area contributed by atoms with Crippen LogP contribution >= 0.6 is 0 Å². The number of ether oxygens (including phenoxy) is 3. The van der Waals surface area contributed by atoms with E-state index in [1.54, 1.807) is 7.11 Å². The van der Waals surface area contributed by atoms with Crippen molar-refractivity contribution in [2.75, 3.05) is 27.6 Å². The third kappa shape index (κ3) is 4.59. The molecule has 41 heavy (non-hydrogen) atoms. The molecule has 0 N–H and O–H groups in total. The number of likely N-dealkylation sites (tertiary alicyclic amines) is 1. The molecule has 0 aromatic heterocycles. The van der Waals surface area contributed by atoms with Crippen LogP contribution in [0.3, 0.4) is 0 Å². The van der Waals surface area contributed by atoms with Crippen LogP contribution in [-0.2, 0) is 29.0 Å². The smallest absolute Gasteiger partial charge is 0.326 e. The van der Waals surface area contributed by atoms with E-state index in [2.05, 4.69) is 112 Å². The highest BCUT2D eigenvalue weighted by molar-refractivity contribution is 6.74. The second-order valence-electron chi connectivity index (χ2n) is 12.8. The first-order valence-electron chi connectivity index (χ1n) is 14.3. The second kappa shape index (κ2) is 10.8. The van der Waals surface area contributed by atoms with Crippen LogP contribution in [-0.4, -0.2) is 64.5 Å². The molecule has 0 saturated carbocycles. The number of fused-ring (bicyclic) bond motifs is 3. The Morgan fingerprint density at radius 3 is 1.95 bits per heavy atom. The Hall–Kier alpha value is -2.81. The minimum absolute atomic E-state index is 0.0285. The maximum absolute atomic E-state index is 14.0. The lowest BCUT2D eigenvalue weighted by Crippen LogP contribution is -2.59. The average molecular weight is 574 g/mol. The van der Waals surface area contributed by atoms with Crippen LogP contribution in [0.1, 0.15) is 44.4 Å². The molecule has 0 spiro atoms. The molecule has 1 fully saturated rings. The summed E-state index contributed by atoms with van der Waals surface area (Å²) in [5.41, 5.74) is 3.82. The van der Waals surface area contributed by atoms with E-state index in [4.69, 9.17) is 18.6 Å². The van der Waals surface area contributed by atoms with Gasteiger partial charge in [0.1, 0.15) is 18.4 Å². The molecule has 3 atom stereocenters. The third-order valence-corrected chi connectivity index (χ3v) is 14.0. The fourth-order valence-electron chi connectivity index (χ4n) is 6.48. The van der Waals surface area contributed by atoms with Gasteiger partial charge in [-0.1, -0.05) is 99.6 Å². The van der Waals surface area contributed by atoms with Crippen molar-refractivity contribution in [2.45, 2.75) is 69.1 Å². The summed E-state index contributed by atoms with van der Waals surface area (Å²) in [7, 11) is 0.760. The van der Waals surface area contributed by atoms with Crippen LogP contribution in [0.2, 0.25) is 18.1 Å². The number of nitrogens with zero attached hydrogens (tertiary/aromatic N) is 1. The molecule has 6 nitrogen and oxygen atoms in total. The van der Waals surface area contributed by atoms with Crippen molar-refractivity contribution < 1.29 is 23.4 Å². The van der Waals surface area contributed by atoms with E-state index >= 15 is 0 Å². The molecular weight excluding hydrogens is 530 g/mol. The van der Waals surface area contributed by atoms with Gasteiger partial charge in [-0.25, -0.2) is 0 Å². The van der Waals surface area contributed by atoms with Gasteiger partial charge < -0.3 is 18.6 Å². The Balaban J connectivity index is 1.81. The molecule has 0 amide bonds. The van der Waals surface area contributed by atoms with Gasteiger partial charge >= 0.3 is 5.97 Å². The van der Waals surface area contributed by atoms with Gasteiger partial charge in [0, 0.05) is 13.7 Å².